The molecule has 0 aromatic heterocycles. The quantitative estimate of drug-likeness (QED) is 0.531. The molecule has 0 heterocycles. The third kappa shape index (κ3) is 5.41. The number of fused-ring (bicyclic) bond motifs is 3. The smallest absolute Gasteiger partial charge is 0.407 e. The summed E-state index contributed by atoms with van der Waals surface area (Å²) >= 11 is 0. The molecular formula is C27H34N2O5. The zero-order valence-corrected chi connectivity index (χ0v) is 20.3. The van der Waals surface area contributed by atoms with E-state index >= 15 is 0 Å². The van der Waals surface area contributed by atoms with Crippen molar-refractivity contribution in [2.24, 2.45) is 5.92 Å². The number of alkyl carbamates (subject to hydrolysis) is 1. The first-order valence-electron chi connectivity index (χ1n) is 11.8. The van der Waals surface area contributed by atoms with Crippen LogP contribution in [0, 0.1) is 5.92 Å². The van der Waals surface area contributed by atoms with Crippen LogP contribution in [0.4, 0.5) is 4.79 Å². The maximum Gasteiger partial charge on any atom is 0.407 e. The predicted octanol–water partition coefficient (Wildman–Crippen LogP) is 4.65. The standard InChI is InChI=1S/C27H34N2O5/c1-5-29(27(3,4)25(31)32)24(30)16-18(2)14-15-28-26(33)34-17-23-21-12-8-6-10-19(21)20-11-7-9-13-22(20)23/h6-13,18,23H,5,14-17H2,1-4H3,(H,28,33)(H,31,32). The Morgan fingerprint density at radius 1 is 1.06 bits per heavy atom. The summed E-state index contributed by atoms with van der Waals surface area (Å²) in [5.41, 5.74) is 3.42. The van der Waals surface area contributed by atoms with Crippen molar-refractivity contribution in [3.05, 3.63) is 59.7 Å². The number of carboxylic acid groups (broad SMARTS) is 1. The van der Waals surface area contributed by atoms with E-state index in [1.165, 1.54) is 29.9 Å². The molecule has 0 fully saturated rings. The molecule has 0 spiro atoms. The first-order chi connectivity index (χ1) is 16.2. The van der Waals surface area contributed by atoms with Crippen LogP contribution >= 0.6 is 0 Å². The van der Waals surface area contributed by atoms with Crippen LogP contribution in [0.5, 0.6) is 0 Å². The summed E-state index contributed by atoms with van der Waals surface area (Å²) in [7, 11) is 0. The topological polar surface area (TPSA) is 95.9 Å². The fourth-order valence-electron chi connectivity index (χ4n) is 4.58. The van der Waals surface area contributed by atoms with Gasteiger partial charge in [-0.1, -0.05) is 55.5 Å². The van der Waals surface area contributed by atoms with Gasteiger partial charge in [-0.2, -0.15) is 0 Å². The van der Waals surface area contributed by atoms with E-state index in [2.05, 4.69) is 29.6 Å². The van der Waals surface area contributed by atoms with Crippen molar-refractivity contribution in [1.29, 1.82) is 0 Å². The number of benzene rings is 2. The molecule has 2 aromatic carbocycles. The lowest BCUT2D eigenvalue weighted by molar-refractivity contribution is -0.157. The third-order valence-corrected chi connectivity index (χ3v) is 6.59. The molecule has 1 atom stereocenters. The number of carbonyl (C=O) groups is 3. The van der Waals surface area contributed by atoms with E-state index < -0.39 is 17.6 Å². The zero-order chi connectivity index (χ0) is 24.9. The maximum atomic E-state index is 12.6. The van der Waals surface area contributed by atoms with E-state index in [0.717, 1.165) is 11.1 Å². The average molecular weight is 467 g/mol. The molecule has 1 unspecified atom stereocenters. The van der Waals surface area contributed by atoms with Crippen LogP contribution in [-0.4, -0.2) is 53.2 Å². The molecule has 0 saturated heterocycles. The summed E-state index contributed by atoms with van der Waals surface area (Å²) in [5.74, 6) is -1.25. The van der Waals surface area contributed by atoms with Gasteiger partial charge in [-0.25, -0.2) is 9.59 Å². The first-order valence-corrected chi connectivity index (χ1v) is 11.8. The number of amides is 2. The number of likely N-dealkylation sites (N-methyl/N-ethyl adjacent to an activating group) is 1. The number of nitrogens with one attached hydrogen (secondary N) is 1. The van der Waals surface area contributed by atoms with Gasteiger partial charge in [-0.05, 0) is 55.4 Å². The van der Waals surface area contributed by atoms with Crippen LogP contribution in [0.3, 0.4) is 0 Å². The third-order valence-electron chi connectivity index (χ3n) is 6.59. The van der Waals surface area contributed by atoms with E-state index in [0.29, 0.717) is 19.5 Å². The van der Waals surface area contributed by atoms with Gasteiger partial charge in [-0.3, -0.25) is 4.79 Å². The highest BCUT2D eigenvalue weighted by Gasteiger charge is 2.37. The second-order valence-electron chi connectivity index (χ2n) is 9.35. The Hall–Kier alpha value is -3.35. The van der Waals surface area contributed by atoms with Gasteiger partial charge in [0.25, 0.3) is 0 Å². The van der Waals surface area contributed by atoms with E-state index in [-0.39, 0.29) is 30.8 Å². The molecule has 2 amide bonds. The van der Waals surface area contributed by atoms with Crippen molar-refractivity contribution in [3.63, 3.8) is 0 Å². The van der Waals surface area contributed by atoms with Gasteiger partial charge >= 0.3 is 12.1 Å². The Kier molecular flexibility index (Phi) is 7.97. The lowest BCUT2D eigenvalue weighted by Crippen LogP contribution is -2.53. The van der Waals surface area contributed by atoms with Crippen molar-refractivity contribution in [2.75, 3.05) is 19.7 Å². The Morgan fingerprint density at radius 3 is 2.15 bits per heavy atom. The number of hydrogen-bond donors (Lipinski definition) is 2. The minimum absolute atomic E-state index is 0.00677. The molecule has 7 heteroatoms. The molecule has 0 saturated carbocycles. The Bertz CT molecular complexity index is 1000. The summed E-state index contributed by atoms with van der Waals surface area (Å²) < 4.78 is 5.54. The molecule has 34 heavy (non-hydrogen) atoms. The van der Waals surface area contributed by atoms with Crippen LogP contribution in [0.25, 0.3) is 11.1 Å². The second-order valence-corrected chi connectivity index (χ2v) is 9.35. The van der Waals surface area contributed by atoms with Gasteiger partial charge in [0.1, 0.15) is 12.1 Å². The van der Waals surface area contributed by atoms with Crippen molar-refractivity contribution >= 4 is 18.0 Å². The van der Waals surface area contributed by atoms with Crippen molar-refractivity contribution in [2.45, 2.75) is 52.0 Å². The predicted molar refractivity (Wildman–Crippen MR) is 131 cm³/mol. The minimum atomic E-state index is -1.26. The van der Waals surface area contributed by atoms with Crippen molar-refractivity contribution in [1.82, 2.24) is 10.2 Å². The van der Waals surface area contributed by atoms with Crippen LogP contribution in [0.1, 0.15) is 57.6 Å². The van der Waals surface area contributed by atoms with Gasteiger partial charge in [-0.15, -0.1) is 0 Å². The highest BCUT2D eigenvalue weighted by molar-refractivity contribution is 5.86. The van der Waals surface area contributed by atoms with Crippen LogP contribution in [0.2, 0.25) is 0 Å². The van der Waals surface area contributed by atoms with Crippen LogP contribution < -0.4 is 5.32 Å². The summed E-state index contributed by atoms with van der Waals surface area (Å²) in [6.45, 7) is 7.69. The summed E-state index contributed by atoms with van der Waals surface area (Å²) in [6.07, 6.45) is 0.320. The van der Waals surface area contributed by atoms with Gasteiger partial charge < -0.3 is 20.1 Å². The maximum absolute atomic E-state index is 12.6. The normalized spacial score (nSPS) is 13.5. The van der Waals surface area contributed by atoms with Crippen molar-refractivity contribution in [3.8, 4) is 11.1 Å². The molecule has 3 rings (SSSR count). The number of nitrogens with zero attached hydrogens (tertiary/aromatic N) is 1. The molecule has 182 valence electrons. The van der Waals surface area contributed by atoms with Gasteiger partial charge in [0.15, 0.2) is 0 Å². The first kappa shape index (κ1) is 25.3. The van der Waals surface area contributed by atoms with Crippen molar-refractivity contribution < 1.29 is 24.2 Å². The second kappa shape index (κ2) is 10.7. The lowest BCUT2D eigenvalue weighted by atomic mass is 9.98. The highest BCUT2D eigenvalue weighted by Crippen LogP contribution is 2.44. The molecule has 1 aliphatic rings. The van der Waals surface area contributed by atoms with Crippen LogP contribution in [-0.2, 0) is 14.3 Å². The Morgan fingerprint density at radius 2 is 1.62 bits per heavy atom. The van der Waals surface area contributed by atoms with Gasteiger partial charge in [0.2, 0.25) is 5.91 Å². The lowest BCUT2D eigenvalue weighted by Gasteiger charge is -2.35. The zero-order valence-electron chi connectivity index (χ0n) is 20.3. The monoisotopic (exact) mass is 466 g/mol. The molecule has 0 radical (unpaired) electrons. The SMILES string of the molecule is CCN(C(=O)CC(C)CCNC(=O)OCC1c2ccccc2-c2ccccc21)C(C)(C)C(=O)O. The van der Waals surface area contributed by atoms with Crippen LogP contribution in [0.15, 0.2) is 48.5 Å². The average Bonchev–Trinajstić information content (AvgIpc) is 3.11. The molecule has 1 aliphatic carbocycles. The van der Waals surface area contributed by atoms with E-state index in [9.17, 15) is 19.5 Å². The number of rotatable bonds is 10. The minimum Gasteiger partial charge on any atom is -0.480 e. The number of ether oxygens (including phenoxy) is 1. The molecular weight excluding hydrogens is 432 g/mol. The molecule has 2 N–H and O–H groups in total. The number of carbonyl (C=O) groups excluding carboxylic acids is 2. The fraction of sp³-hybridized carbons (Fsp3) is 0.444. The Balaban J connectivity index is 1.46. The number of aliphatic carboxylic acids is 1. The summed E-state index contributed by atoms with van der Waals surface area (Å²) in [6, 6.07) is 16.4. The number of hydrogen-bond acceptors (Lipinski definition) is 4. The van der Waals surface area contributed by atoms with Gasteiger partial charge in [0.05, 0.1) is 0 Å². The molecule has 0 bridgehead atoms. The molecule has 0 aliphatic heterocycles. The Labute approximate surface area is 201 Å². The highest BCUT2D eigenvalue weighted by atomic mass is 16.5. The number of carboxylic acids is 1. The summed E-state index contributed by atoms with van der Waals surface area (Å²) in [5, 5.41) is 12.2. The molecule has 7 nitrogen and oxygen atoms in total. The largest absolute Gasteiger partial charge is 0.480 e. The molecule has 2 aromatic rings. The summed E-state index contributed by atoms with van der Waals surface area (Å²) in [4.78, 5) is 37.8. The van der Waals surface area contributed by atoms with E-state index in [1.54, 1.807) is 6.92 Å². The van der Waals surface area contributed by atoms with Gasteiger partial charge in [0, 0.05) is 25.4 Å². The van der Waals surface area contributed by atoms with E-state index in [4.69, 9.17) is 4.74 Å². The fourth-order valence-corrected chi connectivity index (χ4v) is 4.58. The van der Waals surface area contributed by atoms with E-state index in [1.807, 2.05) is 31.2 Å².